The van der Waals surface area contributed by atoms with E-state index in [4.69, 9.17) is 0 Å². The maximum Gasteiger partial charge on any atom is 0.252 e. The van der Waals surface area contributed by atoms with Gasteiger partial charge in [0.15, 0.2) is 0 Å². The molecule has 1 aliphatic rings. The van der Waals surface area contributed by atoms with Gasteiger partial charge in [-0.05, 0) is 41.5 Å². The van der Waals surface area contributed by atoms with E-state index in [2.05, 4.69) is 10.4 Å². The van der Waals surface area contributed by atoms with Crippen LogP contribution in [-0.4, -0.2) is 41.5 Å². The van der Waals surface area contributed by atoms with E-state index in [1.165, 1.54) is 15.6 Å². The first kappa shape index (κ1) is 20.8. The Hall–Kier alpha value is -2.49. The molecule has 7 nitrogen and oxygen atoms in total. The van der Waals surface area contributed by atoms with Gasteiger partial charge in [0, 0.05) is 32.0 Å². The summed E-state index contributed by atoms with van der Waals surface area (Å²) in [6.07, 6.45) is 5.01. The molecule has 1 fully saturated rings. The van der Waals surface area contributed by atoms with Crippen LogP contribution in [0.5, 0.6) is 0 Å². The monoisotopic (exact) mass is 444 g/mol. The van der Waals surface area contributed by atoms with Crippen molar-refractivity contribution in [3.63, 3.8) is 0 Å². The number of amides is 1. The molecule has 0 saturated carbocycles. The van der Waals surface area contributed by atoms with E-state index in [0.717, 1.165) is 11.1 Å². The molecule has 3 heterocycles. The zero-order chi connectivity index (χ0) is 21.0. The van der Waals surface area contributed by atoms with Gasteiger partial charge in [-0.25, -0.2) is 8.42 Å². The highest BCUT2D eigenvalue weighted by Gasteiger charge is 2.33. The van der Waals surface area contributed by atoms with Crippen LogP contribution < -0.4 is 5.32 Å². The molecule has 1 amide bonds. The highest BCUT2D eigenvalue weighted by molar-refractivity contribution is 7.91. The van der Waals surface area contributed by atoms with Gasteiger partial charge in [0.05, 0.1) is 12.5 Å². The zero-order valence-corrected chi connectivity index (χ0v) is 18.1. The van der Waals surface area contributed by atoms with Crippen molar-refractivity contribution in [3.8, 4) is 0 Å². The van der Waals surface area contributed by atoms with Crippen LogP contribution in [0.3, 0.4) is 0 Å². The van der Waals surface area contributed by atoms with Crippen LogP contribution in [0.15, 0.2) is 64.4 Å². The molecule has 0 radical (unpaired) electrons. The molecule has 3 aromatic rings. The number of sulfonamides is 1. The number of carbonyl (C=O) groups excluding carboxylic acids is 1. The highest BCUT2D eigenvalue weighted by Crippen LogP contribution is 2.26. The predicted molar refractivity (Wildman–Crippen MR) is 115 cm³/mol. The standard InChI is InChI=1S/C21H24N4O3S2/c26-21(19-8-3-12-25(16-19)30(27,28)20-9-4-13-29-20)22-14-17-6-1-2-7-18(17)15-24-11-5-10-23-24/h1-2,4-7,9-11,13,19H,3,8,12,14-16H2,(H,22,26). The van der Waals surface area contributed by atoms with E-state index in [0.29, 0.717) is 36.7 Å². The van der Waals surface area contributed by atoms with Crippen molar-refractivity contribution >= 4 is 27.3 Å². The Labute approximate surface area is 180 Å². The zero-order valence-electron chi connectivity index (χ0n) is 16.5. The molecule has 4 rings (SSSR count). The lowest BCUT2D eigenvalue weighted by Gasteiger charge is -2.30. The summed E-state index contributed by atoms with van der Waals surface area (Å²) in [5, 5.41) is 9.00. The summed E-state index contributed by atoms with van der Waals surface area (Å²) in [6, 6.07) is 13.2. The van der Waals surface area contributed by atoms with Gasteiger partial charge < -0.3 is 5.32 Å². The van der Waals surface area contributed by atoms with Crippen molar-refractivity contribution in [2.75, 3.05) is 13.1 Å². The smallest absolute Gasteiger partial charge is 0.252 e. The number of hydrogen-bond donors (Lipinski definition) is 1. The second-order valence-electron chi connectivity index (χ2n) is 7.32. The van der Waals surface area contributed by atoms with Gasteiger partial charge in [-0.2, -0.15) is 9.40 Å². The molecular weight excluding hydrogens is 420 g/mol. The van der Waals surface area contributed by atoms with Gasteiger partial charge in [-0.1, -0.05) is 30.3 Å². The van der Waals surface area contributed by atoms with Gasteiger partial charge in [0.2, 0.25) is 5.91 Å². The molecule has 0 bridgehead atoms. The highest BCUT2D eigenvalue weighted by atomic mass is 32.2. The number of hydrogen-bond acceptors (Lipinski definition) is 5. The molecule has 1 N–H and O–H groups in total. The van der Waals surface area contributed by atoms with Crippen molar-refractivity contribution in [1.29, 1.82) is 0 Å². The first-order valence-corrected chi connectivity index (χ1v) is 12.2. The Morgan fingerprint density at radius 3 is 2.73 bits per heavy atom. The molecule has 1 atom stereocenters. The van der Waals surface area contributed by atoms with E-state index < -0.39 is 10.0 Å². The van der Waals surface area contributed by atoms with Crippen LogP contribution in [0.4, 0.5) is 0 Å². The topological polar surface area (TPSA) is 84.3 Å². The number of aromatic nitrogens is 2. The maximum atomic E-state index is 12.8. The van der Waals surface area contributed by atoms with Gasteiger partial charge in [-0.3, -0.25) is 9.48 Å². The second-order valence-corrected chi connectivity index (χ2v) is 10.4. The number of carbonyl (C=O) groups is 1. The van der Waals surface area contributed by atoms with Gasteiger partial charge in [0.1, 0.15) is 4.21 Å². The largest absolute Gasteiger partial charge is 0.352 e. The minimum atomic E-state index is -3.53. The lowest BCUT2D eigenvalue weighted by Crippen LogP contribution is -2.45. The molecule has 1 unspecified atom stereocenters. The quantitative estimate of drug-likeness (QED) is 0.607. The van der Waals surface area contributed by atoms with Crippen LogP contribution in [0.1, 0.15) is 24.0 Å². The number of nitrogens with zero attached hydrogens (tertiary/aromatic N) is 3. The number of nitrogens with one attached hydrogen (secondary N) is 1. The first-order chi connectivity index (χ1) is 14.5. The number of piperidine rings is 1. The fourth-order valence-corrected chi connectivity index (χ4v) is 6.36. The fourth-order valence-electron chi connectivity index (χ4n) is 3.69. The van der Waals surface area contributed by atoms with Crippen molar-refractivity contribution in [1.82, 2.24) is 19.4 Å². The Kier molecular flexibility index (Phi) is 6.31. The van der Waals surface area contributed by atoms with E-state index in [1.807, 2.05) is 41.2 Å². The van der Waals surface area contributed by atoms with Gasteiger partial charge in [0.25, 0.3) is 10.0 Å². The van der Waals surface area contributed by atoms with E-state index in [1.54, 1.807) is 23.7 Å². The third-order valence-corrected chi connectivity index (χ3v) is 8.55. The van der Waals surface area contributed by atoms with Crippen LogP contribution in [0.2, 0.25) is 0 Å². The molecule has 1 saturated heterocycles. The molecule has 1 aliphatic heterocycles. The molecule has 0 aliphatic carbocycles. The molecule has 9 heteroatoms. The molecule has 1 aromatic carbocycles. The maximum absolute atomic E-state index is 12.8. The second kappa shape index (κ2) is 9.11. The summed E-state index contributed by atoms with van der Waals surface area (Å²) < 4.78 is 29.2. The first-order valence-electron chi connectivity index (χ1n) is 9.89. The Morgan fingerprint density at radius 2 is 2.00 bits per heavy atom. The fraction of sp³-hybridized carbons (Fsp3) is 0.333. The van der Waals surface area contributed by atoms with E-state index in [9.17, 15) is 13.2 Å². The van der Waals surface area contributed by atoms with Crippen LogP contribution >= 0.6 is 11.3 Å². The summed E-state index contributed by atoms with van der Waals surface area (Å²) in [5.41, 5.74) is 2.12. The Morgan fingerprint density at radius 1 is 1.17 bits per heavy atom. The number of rotatable bonds is 7. The lowest BCUT2D eigenvalue weighted by molar-refractivity contribution is -0.126. The van der Waals surface area contributed by atoms with Gasteiger partial charge >= 0.3 is 0 Å². The average molecular weight is 445 g/mol. The molecule has 158 valence electrons. The summed E-state index contributed by atoms with van der Waals surface area (Å²) >= 11 is 1.21. The van der Waals surface area contributed by atoms with Crippen LogP contribution in [0, 0.1) is 5.92 Å². The summed E-state index contributed by atoms with van der Waals surface area (Å²) in [7, 11) is -3.53. The lowest BCUT2D eigenvalue weighted by atomic mass is 9.98. The summed E-state index contributed by atoms with van der Waals surface area (Å²) in [5.74, 6) is -0.443. The van der Waals surface area contributed by atoms with Gasteiger partial charge in [-0.15, -0.1) is 11.3 Å². The summed E-state index contributed by atoms with van der Waals surface area (Å²) in [4.78, 5) is 12.8. The Balaban J connectivity index is 1.39. The summed E-state index contributed by atoms with van der Waals surface area (Å²) in [6.45, 7) is 1.72. The van der Waals surface area contributed by atoms with E-state index in [-0.39, 0.29) is 18.4 Å². The van der Waals surface area contributed by atoms with Crippen molar-refractivity contribution in [3.05, 3.63) is 71.4 Å². The molecular formula is C21H24N4O3S2. The predicted octanol–water partition coefficient (Wildman–Crippen LogP) is 2.71. The molecule has 2 aromatic heterocycles. The minimum Gasteiger partial charge on any atom is -0.352 e. The minimum absolute atomic E-state index is 0.102. The van der Waals surface area contributed by atoms with Crippen molar-refractivity contribution in [2.45, 2.75) is 30.1 Å². The number of benzene rings is 1. The molecule has 0 spiro atoms. The van der Waals surface area contributed by atoms with Crippen LogP contribution in [0.25, 0.3) is 0 Å². The normalized spacial score (nSPS) is 17.7. The molecule has 30 heavy (non-hydrogen) atoms. The van der Waals surface area contributed by atoms with E-state index >= 15 is 0 Å². The average Bonchev–Trinajstić information content (AvgIpc) is 3.48. The van der Waals surface area contributed by atoms with Crippen LogP contribution in [-0.2, 0) is 27.9 Å². The third kappa shape index (κ3) is 4.63. The number of thiophene rings is 1. The van der Waals surface area contributed by atoms with Crippen molar-refractivity contribution < 1.29 is 13.2 Å². The SMILES string of the molecule is O=C(NCc1ccccc1Cn1cccn1)C1CCCN(S(=O)(=O)c2cccs2)C1. The Bertz CT molecular complexity index is 1080. The van der Waals surface area contributed by atoms with Crippen molar-refractivity contribution in [2.24, 2.45) is 5.92 Å². The third-order valence-electron chi connectivity index (χ3n) is 5.31.